The zero-order valence-electron chi connectivity index (χ0n) is 19.2. The molecule has 0 fully saturated rings. The van der Waals surface area contributed by atoms with E-state index in [9.17, 15) is 18.0 Å². The van der Waals surface area contributed by atoms with Crippen LogP contribution in [0.4, 0.5) is 11.4 Å². The van der Waals surface area contributed by atoms with E-state index in [1.54, 1.807) is 45.3 Å². The Morgan fingerprint density at radius 1 is 1.00 bits per heavy atom. The van der Waals surface area contributed by atoms with Crippen molar-refractivity contribution in [3.63, 3.8) is 0 Å². The molecule has 2 aromatic rings. The summed E-state index contributed by atoms with van der Waals surface area (Å²) in [7, 11) is 2.57. The maximum Gasteiger partial charge on any atom is 0.259 e. The lowest BCUT2D eigenvalue weighted by atomic mass is 10.2. The van der Waals surface area contributed by atoms with E-state index in [2.05, 4.69) is 10.6 Å². The molecule has 0 aliphatic heterocycles. The number of sulfonamides is 1. The fourth-order valence-electron chi connectivity index (χ4n) is 2.70. The van der Waals surface area contributed by atoms with Crippen molar-refractivity contribution >= 4 is 33.2 Å². The number of likely N-dealkylation sites (N-methyl/N-ethyl adjacent to an activating group) is 1. The van der Waals surface area contributed by atoms with Crippen LogP contribution in [-0.4, -0.2) is 70.8 Å². The Kier molecular flexibility index (Phi) is 8.23. The highest BCUT2D eigenvalue weighted by Gasteiger charge is 2.20. The van der Waals surface area contributed by atoms with Crippen molar-refractivity contribution in [1.82, 2.24) is 9.21 Å². The second-order valence-corrected chi connectivity index (χ2v) is 9.87. The smallest absolute Gasteiger partial charge is 0.259 e. The molecule has 0 aliphatic rings. The molecule has 174 valence electrons. The van der Waals surface area contributed by atoms with Crippen molar-refractivity contribution in [2.45, 2.75) is 18.7 Å². The number of carbonyl (C=O) groups is 2. The number of hydrogen-bond acceptors (Lipinski definition) is 6. The Balaban J connectivity index is 2.09. The molecule has 0 radical (unpaired) electrons. The number of hydrogen-bond donors (Lipinski definition) is 2. The standard InChI is InChI=1S/C22H30N4O5S/c1-15-7-10-18(19(11-15)31-14-22(28)25(3)4)23-13-21(27)24-17-9-8-16(2)20(12-17)32(29,30)26(5)6/h7-12,23H,13-14H2,1-6H3,(H,24,27). The molecule has 0 aromatic heterocycles. The summed E-state index contributed by atoms with van der Waals surface area (Å²) in [5.41, 5.74) is 2.47. The van der Waals surface area contributed by atoms with Crippen molar-refractivity contribution < 1.29 is 22.7 Å². The van der Waals surface area contributed by atoms with E-state index in [1.807, 2.05) is 13.0 Å². The number of benzene rings is 2. The van der Waals surface area contributed by atoms with Crippen molar-refractivity contribution in [3.05, 3.63) is 47.5 Å². The number of nitrogens with one attached hydrogen (secondary N) is 2. The fourth-order valence-corrected chi connectivity index (χ4v) is 3.84. The van der Waals surface area contributed by atoms with Gasteiger partial charge < -0.3 is 20.3 Å². The van der Waals surface area contributed by atoms with E-state index >= 15 is 0 Å². The highest BCUT2D eigenvalue weighted by Crippen LogP contribution is 2.26. The molecule has 0 bridgehead atoms. The lowest BCUT2D eigenvalue weighted by molar-refractivity contribution is -0.130. The molecular formula is C22H30N4O5S. The summed E-state index contributed by atoms with van der Waals surface area (Å²) < 4.78 is 31.7. The minimum atomic E-state index is -3.63. The molecule has 2 aromatic carbocycles. The van der Waals surface area contributed by atoms with Crippen molar-refractivity contribution in [3.8, 4) is 5.75 Å². The third-order valence-electron chi connectivity index (χ3n) is 4.66. The summed E-state index contributed by atoms with van der Waals surface area (Å²) in [6.07, 6.45) is 0. The number of aryl methyl sites for hydroxylation is 2. The molecule has 0 saturated carbocycles. The third-order valence-corrected chi connectivity index (χ3v) is 6.61. The van der Waals surface area contributed by atoms with Crippen LogP contribution in [0.3, 0.4) is 0 Å². The molecular weight excluding hydrogens is 432 g/mol. The fraction of sp³-hybridized carbons (Fsp3) is 0.364. The van der Waals surface area contributed by atoms with Gasteiger partial charge in [0.1, 0.15) is 5.75 Å². The van der Waals surface area contributed by atoms with E-state index in [4.69, 9.17) is 4.74 Å². The molecule has 0 saturated heterocycles. The largest absolute Gasteiger partial charge is 0.482 e. The van der Waals surface area contributed by atoms with Crippen LogP contribution in [0, 0.1) is 13.8 Å². The number of nitrogens with zero attached hydrogens (tertiary/aromatic N) is 2. The van der Waals surface area contributed by atoms with Gasteiger partial charge in [-0.05, 0) is 49.2 Å². The van der Waals surface area contributed by atoms with E-state index in [0.29, 0.717) is 22.7 Å². The number of amides is 2. The van der Waals surface area contributed by atoms with E-state index in [0.717, 1.165) is 9.87 Å². The second kappa shape index (κ2) is 10.5. The molecule has 10 heteroatoms. The van der Waals surface area contributed by atoms with Gasteiger partial charge in [0.2, 0.25) is 15.9 Å². The molecule has 2 amide bonds. The first kappa shape index (κ1) is 25.2. The first-order valence-corrected chi connectivity index (χ1v) is 11.4. The minimum Gasteiger partial charge on any atom is -0.482 e. The minimum absolute atomic E-state index is 0.0787. The predicted molar refractivity (Wildman–Crippen MR) is 125 cm³/mol. The molecule has 0 atom stereocenters. The zero-order valence-corrected chi connectivity index (χ0v) is 20.0. The van der Waals surface area contributed by atoms with Crippen LogP contribution in [0.5, 0.6) is 5.75 Å². The zero-order chi connectivity index (χ0) is 24.1. The predicted octanol–water partition coefficient (Wildman–Crippen LogP) is 2.07. The maximum atomic E-state index is 12.5. The van der Waals surface area contributed by atoms with Crippen LogP contribution in [0.25, 0.3) is 0 Å². The van der Waals surface area contributed by atoms with Crippen LogP contribution in [0.2, 0.25) is 0 Å². The maximum absolute atomic E-state index is 12.5. The first-order chi connectivity index (χ1) is 14.9. The van der Waals surface area contributed by atoms with Gasteiger partial charge in [-0.3, -0.25) is 9.59 Å². The Bertz CT molecular complexity index is 1100. The van der Waals surface area contributed by atoms with Crippen LogP contribution in [-0.2, 0) is 19.6 Å². The molecule has 32 heavy (non-hydrogen) atoms. The number of ether oxygens (including phenoxy) is 1. The third kappa shape index (κ3) is 6.44. The molecule has 0 spiro atoms. The van der Waals surface area contributed by atoms with E-state index in [1.165, 1.54) is 25.1 Å². The topological polar surface area (TPSA) is 108 Å². The monoisotopic (exact) mass is 462 g/mol. The number of rotatable bonds is 9. The van der Waals surface area contributed by atoms with Crippen molar-refractivity contribution in [2.75, 3.05) is 52.0 Å². The lowest BCUT2D eigenvalue weighted by Gasteiger charge is -2.16. The summed E-state index contributed by atoms with van der Waals surface area (Å²) in [5.74, 6) is -0.0845. The van der Waals surface area contributed by atoms with Gasteiger partial charge in [-0.15, -0.1) is 0 Å². The van der Waals surface area contributed by atoms with Crippen LogP contribution in [0.1, 0.15) is 11.1 Å². The summed E-state index contributed by atoms with van der Waals surface area (Å²) >= 11 is 0. The van der Waals surface area contributed by atoms with Gasteiger partial charge in [-0.1, -0.05) is 12.1 Å². The van der Waals surface area contributed by atoms with E-state index in [-0.39, 0.29) is 29.9 Å². The van der Waals surface area contributed by atoms with Crippen LogP contribution < -0.4 is 15.4 Å². The lowest BCUT2D eigenvalue weighted by Crippen LogP contribution is -2.28. The summed E-state index contributed by atoms with van der Waals surface area (Å²) in [4.78, 5) is 25.8. The Labute approximate surface area is 189 Å². The van der Waals surface area contributed by atoms with Gasteiger partial charge >= 0.3 is 0 Å². The average molecular weight is 463 g/mol. The summed E-state index contributed by atoms with van der Waals surface area (Å²) in [5, 5.41) is 5.70. The molecule has 0 unspecified atom stereocenters. The number of carbonyl (C=O) groups excluding carboxylic acids is 2. The average Bonchev–Trinajstić information content (AvgIpc) is 2.72. The second-order valence-electron chi connectivity index (χ2n) is 7.75. The van der Waals surface area contributed by atoms with Gasteiger partial charge in [0.05, 0.1) is 17.1 Å². The van der Waals surface area contributed by atoms with Gasteiger partial charge in [0, 0.05) is 33.9 Å². The molecule has 0 aliphatic carbocycles. The van der Waals surface area contributed by atoms with Gasteiger partial charge in [-0.2, -0.15) is 0 Å². The number of anilines is 2. The quantitative estimate of drug-likeness (QED) is 0.591. The molecule has 9 nitrogen and oxygen atoms in total. The highest BCUT2D eigenvalue weighted by molar-refractivity contribution is 7.89. The molecule has 2 rings (SSSR count). The SMILES string of the molecule is Cc1ccc(NCC(=O)Nc2ccc(C)c(S(=O)(=O)N(C)C)c2)c(OCC(=O)N(C)C)c1. The van der Waals surface area contributed by atoms with Crippen LogP contribution >= 0.6 is 0 Å². The summed E-state index contributed by atoms with van der Waals surface area (Å²) in [6, 6.07) is 10.1. The Hall–Kier alpha value is -3.11. The normalized spacial score (nSPS) is 11.2. The Morgan fingerprint density at radius 3 is 2.31 bits per heavy atom. The Morgan fingerprint density at radius 2 is 1.69 bits per heavy atom. The first-order valence-electron chi connectivity index (χ1n) is 9.92. The summed E-state index contributed by atoms with van der Waals surface area (Å²) in [6.45, 7) is 3.39. The van der Waals surface area contributed by atoms with Crippen LogP contribution in [0.15, 0.2) is 41.3 Å². The van der Waals surface area contributed by atoms with Crippen molar-refractivity contribution in [2.24, 2.45) is 0 Å². The van der Waals surface area contributed by atoms with Crippen molar-refractivity contribution in [1.29, 1.82) is 0 Å². The molecule has 0 heterocycles. The van der Waals surface area contributed by atoms with Gasteiger partial charge in [0.25, 0.3) is 5.91 Å². The van der Waals surface area contributed by atoms with Gasteiger partial charge in [-0.25, -0.2) is 12.7 Å². The molecule has 2 N–H and O–H groups in total. The van der Waals surface area contributed by atoms with Gasteiger partial charge in [0.15, 0.2) is 6.61 Å². The van der Waals surface area contributed by atoms with E-state index < -0.39 is 10.0 Å². The highest BCUT2D eigenvalue weighted by atomic mass is 32.2.